The van der Waals surface area contributed by atoms with Crippen molar-refractivity contribution in [1.82, 2.24) is 0 Å². The molecule has 0 spiro atoms. The van der Waals surface area contributed by atoms with E-state index >= 15 is 0 Å². The molecule has 0 fully saturated rings. The molecule has 0 aromatic rings. The molecular formula is C51H80O6. The summed E-state index contributed by atoms with van der Waals surface area (Å²) in [6, 6.07) is 0. The van der Waals surface area contributed by atoms with Crippen molar-refractivity contribution in [3.05, 3.63) is 109 Å². The number of esters is 3. The molecule has 0 aromatic carbocycles. The Labute approximate surface area is 349 Å². The fraction of sp³-hybridized carbons (Fsp3) is 0.588. The van der Waals surface area contributed by atoms with E-state index in [9.17, 15) is 14.4 Å². The molecule has 0 radical (unpaired) electrons. The van der Waals surface area contributed by atoms with Crippen molar-refractivity contribution in [3.8, 4) is 0 Å². The summed E-state index contributed by atoms with van der Waals surface area (Å²) in [7, 11) is 0. The first-order valence-electron chi connectivity index (χ1n) is 22.4. The molecule has 0 saturated carbocycles. The van der Waals surface area contributed by atoms with Gasteiger partial charge in [-0.2, -0.15) is 0 Å². The fourth-order valence-electron chi connectivity index (χ4n) is 5.44. The van der Waals surface area contributed by atoms with E-state index in [1.807, 2.05) is 0 Å². The van der Waals surface area contributed by atoms with E-state index in [1.54, 1.807) is 0 Å². The lowest BCUT2D eigenvalue weighted by molar-refractivity contribution is -0.166. The molecule has 0 amide bonds. The maximum absolute atomic E-state index is 12.7. The van der Waals surface area contributed by atoms with Crippen LogP contribution in [0.3, 0.4) is 0 Å². The minimum Gasteiger partial charge on any atom is -0.462 e. The largest absolute Gasteiger partial charge is 0.462 e. The molecule has 0 N–H and O–H groups in total. The number of carbonyl (C=O) groups excluding carboxylic acids is 3. The molecule has 0 aliphatic rings. The van der Waals surface area contributed by atoms with Crippen molar-refractivity contribution < 1.29 is 28.6 Å². The minimum atomic E-state index is -0.844. The van der Waals surface area contributed by atoms with E-state index in [2.05, 4.69) is 130 Å². The molecule has 0 saturated heterocycles. The highest BCUT2D eigenvalue weighted by Gasteiger charge is 2.19. The van der Waals surface area contributed by atoms with Gasteiger partial charge in [-0.15, -0.1) is 0 Å². The van der Waals surface area contributed by atoms with E-state index < -0.39 is 12.1 Å². The molecule has 6 heteroatoms. The lowest BCUT2D eigenvalue weighted by atomic mass is 10.1. The van der Waals surface area contributed by atoms with E-state index in [1.165, 1.54) is 44.9 Å². The van der Waals surface area contributed by atoms with Crippen molar-refractivity contribution in [1.29, 1.82) is 0 Å². The number of rotatable bonds is 38. The fourth-order valence-corrected chi connectivity index (χ4v) is 5.44. The summed E-state index contributed by atoms with van der Waals surface area (Å²) < 4.78 is 16.5. The molecule has 6 nitrogen and oxygen atoms in total. The predicted octanol–water partition coefficient (Wildman–Crippen LogP) is 14.4. The summed E-state index contributed by atoms with van der Waals surface area (Å²) in [5.74, 6) is -1.12. The Kier molecular flexibility index (Phi) is 41.7. The number of hydrogen-bond acceptors (Lipinski definition) is 6. The maximum atomic E-state index is 12.7. The Morgan fingerprint density at radius 1 is 0.368 bits per heavy atom. The Bertz CT molecular complexity index is 1230. The van der Waals surface area contributed by atoms with Gasteiger partial charge in [0.05, 0.1) is 0 Å². The van der Waals surface area contributed by atoms with E-state index in [0.717, 1.165) is 70.6 Å². The molecule has 0 aliphatic heterocycles. The molecule has 1 atom stereocenters. The molecule has 0 rings (SSSR count). The van der Waals surface area contributed by atoms with Gasteiger partial charge < -0.3 is 14.2 Å². The van der Waals surface area contributed by atoms with Crippen LogP contribution in [0.4, 0.5) is 0 Å². The zero-order chi connectivity index (χ0) is 41.5. The minimum absolute atomic E-state index is 0.143. The Hall–Kier alpha value is -3.93. The molecule has 0 aliphatic carbocycles. The molecular weight excluding hydrogens is 709 g/mol. The molecule has 0 heterocycles. The van der Waals surface area contributed by atoms with Crippen LogP contribution in [-0.4, -0.2) is 37.2 Å². The average molecular weight is 789 g/mol. The van der Waals surface area contributed by atoms with Gasteiger partial charge in [0.25, 0.3) is 0 Å². The number of allylic oxidation sites excluding steroid dienone is 18. The van der Waals surface area contributed by atoms with Gasteiger partial charge in [-0.05, 0) is 103 Å². The maximum Gasteiger partial charge on any atom is 0.306 e. The van der Waals surface area contributed by atoms with Gasteiger partial charge in [0.15, 0.2) is 6.10 Å². The number of ether oxygens (including phenoxy) is 3. The van der Waals surface area contributed by atoms with Gasteiger partial charge in [0.1, 0.15) is 13.2 Å². The first kappa shape index (κ1) is 53.1. The highest BCUT2D eigenvalue weighted by atomic mass is 16.6. The molecule has 57 heavy (non-hydrogen) atoms. The van der Waals surface area contributed by atoms with Gasteiger partial charge in [-0.1, -0.05) is 162 Å². The second-order valence-electron chi connectivity index (χ2n) is 14.2. The summed E-state index contributed by atoms with van der Waals surface area (Å²) >= 11 is 0. The molecule has 0 bridgehead atoms. The normalized spacial score (nSPS) is 13.1. The Morgan fingerprint density at radius 2 is 0.684 bits per heavy atom. The number of hydrogen-bond donors (Lipinski definition) is 0. The van der Waals surface area contributed by atoms with Gasteiger partial charge in [0.2, 0.25) is 0 Å². The summed E-state index contributed by atoms with van der Waals surface area (Å²) in [4.78, 5) is 37.6. The van der Waals surface area contributed by atoms with Crippen LogP contribution >= 0.6 is 0 Å². The second kappa shape index (κ2) is 44.8. The lowest BCUT2D eigenvalue weighted by Gasteiger charge is -2.18. The SMILES string of the molecule is CC/C=C\C/C=C\C/C=C\CCCC(=O)OCC(COC(=O)CCC/C=C\C/C=C\C/C=C\CCCCCCCC)OC(=O)CCC/C=C\C/C=C\C/C=C\CC. The number of carbonyl (C=O) groups is 3. The topological polar surface area (TPSA) is 78.9 Å². The van der Waals surface area contributed by atoms with Gasteiger partial charge in [-0.25, -0.2) is 0 Å². The van der Waals surface area contributed by atoms with E-state index in [4.69, 9.17) is 14.2 Å². The van der Waals surface area contributed by atoms with Crippen molar-refractivity contribution in [3.63, 3.8) is 0 Å². The highest BCUT2D eigenvalue weighted by Crippen LogP contribution is 2.09. The summed E-state index contributed by atoms with van der Waals surface area (Å²) in [6.07, 6.45) is 59.6. The van der Waals surface area contributed by atoms with Crippen molar-refractivity contribution in [2.45, 2.75) is 181 Å². The third-order valence-corrected chi connectivity index (χ3v) is 8.74. The first-order valence-corrected chi connectivity index (χ1v) is 22.4. The molecule has 0 aromatic heterocycles. The Balaban J connectivity index is 4.57. The van der Waals surface area contributed by atoms with Crippen LogP contribution < -0.4 is 0 Å². The number of unbranched alkanes of at least 4 members (excludes halogenated alkanes) is 9. The van der Waals surface area contributed by atoms with Gasteiger partial charge in [0, 0.05) is 19.3 Å². The van der Waals surface area contributed by atoms with Crippen molar-refractivity contribution in [2.75, 3.05) is 13.2 Å². The van der Waals surface area contributed by atoms with Crippen LogP contribution in [0.5, 0.6) is 0 Å². The van der Waals surface area contributed by atoms with Crippen LogP contribution in [0.15, 0.2) is 109 Å². The summed E-state index contributed by atoms with van der Waals surface area (Å²) in [5.41, 5.74) is 0. The summed E-state index contributed by atoms with van der Waals surface area (Å²) in [5, 5.41) is 0. The van der Waals surface area contributed by atoms with E-state index in [-0.39, 0.29) is 44.4 Å². The smallest absolute Gasteiger partial charge is 0.306 e. The van der Waals surface area contributed by atoms with Crippen LogP contribution in [0.2, 0.25) is 0 Å². The first-order chi connectivity index (χ1) is 28.0. The summed E-state index contributed by atoms with van der Waals surface area (Å²) in [6.45, 7) is 6.21. The van der Waals surface area contributed by atoms with Crippen molar-refractivity contribution >= 4 is 17.9 Å². The quantitative estimate of drug-likeness (QED) is 0.0268. The molecule has 320 valence electrons. The third-order valence-electron chi connectivity index (χ3n) is 8.74. The second-order valence-corrected chi connectivity index (χ2v) is 14.2. The van der Waals surface area contributed by atoms with E-state index in [0.29, 0.717) is 19.3 Å². The van der Waals surface area contributed by atoms with Gasteiger partial charge >= 0.3 is 17.9 Å². The third kappa shape index (κ3) is 43.0. The monoisotopic (exact) mass is 789 g/mol. The average Bonchev–Trinajstić information content (AvgIpc) is 3.21. The van der Waals surface area contributed by atoms with Crippen LogP contribution in [0.25, 0.3) is 0 Å². The van der Waals surface area contributed by atoms with Crippen LogP contribution in [0, 0.1) is 0 Å². The molecule has 1 unspecified atom stereocenters. The standard InChI is InChI=1S/C51H80O6/c1-4-7-10-13-16-19-22-23-24-25-26-27-30-32-35-38-41-44-50(53)56-47-48(57-51(54)45-42-39-36-33-29-21-18-15-12-9-6-3)46-55-49(52)43-40-37-34-31-28-20-17-14-11-8-5-2/h8-9,11-12,17-18,20-21,23-24,26-27,31-36,48H,4-7,10,13-16,19,22,25,28-30,37-47H2,1-3H3/b11-8-,12-9-,20-17-,21-18-,24-23-,27-26-,34-31-,35-32-,36-33-. The predicted molar refractivity (Wildman–Crippen MR) is 242 cm³/mol. The zero-order valence-corrected chi connectivity index (χ0v) is 36.3. The van der Waals surface area contributed by atoms with Gasteiger partial charge in [-0.3, -0.25) is 14.4 Å². The zero-order valence-electron chi connectivity index (χ0n) is 36.3. The Morgan fingerprint density at radius 3 is 1.07 bits per heavy atom. The van der Waals surface area contributed by atoms with Crippen LogP contribution in [-0.2, 0) is 28.6 Å². The van der Waals surface area contributed by atoms with Crippen molar-refractivity contribution in [2.24, 2.45) is 0 Å². The van der Waals surface area contributed by atoms with Crippen LogP contribution in [0.1, 0.15) is 175 Å². The highest BCUT2D eigenvalue weighted by molar-refractivity contribution is 5.71. The lowest BCUT2D eigenvalue weighted by Crippen LogP contribution is -2.30.